The molecule has 0 aliphatic rings. The van der Waals surface area contributed by atoms with Crippen molar-refractivity contribution in [2.75, 3.05) is 20.8 Å². The van der Waals surface area contributed by atoms with Crippen LogP contribution in [0, 0.1) is 0 Å². The highest BCUT2D eigenvalue weighted by atomic mass is 16.5. The first-order chi connectivity index (χ1) is 8.90. The lowest BCUT2D eigenvalue weighted by atomic mass is 10.2. The molecule has 1 amide bonds. The van der Waals surface area contributed by atoms with Gasteiger partial charge in [-0.05, 0) is 13.8 Å². The fourth-order valence-corrected chi connectivity index (χ4v) is 1.59. The second-order valence-electron chi connectivity index (χ2n) is 4.30. The number of hydrogen-bond donors (Lipinski definition) is 0. The summed E-state index contributed by atoms with van der Waals surface area (Å²) in [4.78, 5) is 25.0. The lowest BCUT2D eigenvalue weighted by Crippen LogP contribution is -2.41. The number of rotatable bonds is 5. The Labute approximate surface area is 112 Å². The fraction of sp³-hybridized carbons (Fsp3) is 0.583. The van der Waals surface area contributed by atoms with Gasteiger partial charge in [-0.25, -0.2) is 4.68 Å². The Balaban J connectivity index is 2.95. The maximum atomic E-state index is 12.3. The topological polar surface area (TPSA) is 73.7 Å². The van der Waals surface area contributed by atoms with E-state index in [1.54, 1.807) is 7.05 Å². The molecule has 106 valence electrons. The van der Waals surface area contributed by atoms with E-state index in [-0.39, 0.29) is 24.2 Å². The van der Waals surface area contributed by atoms with Crippen LogP contribution in [-0.2, 0) is 16.6 Å². The monoisotopic (exact) mass is 269 g/mol. The molecule has 0 saturated heterocycles. The lowest BCUT2D eigenvalue weighted by Gasteiger charge is -2.24. The normalized spacial score (nSPS) is 10.4. The van der Waals surface area contributed by atoms with Crippen LogP contribution < -0.4 is 4.74 Å². The number of esters is 1. The molecule has 0 radical (unpaired) electrons. The first kappa shape index (κ1) is 15.0. The van der Waals surface area contributed by atoms with E-state index < -0.39 is 5.97 Å². The van der Waals surface area contributed by atoms with Gasteiger partial charge < -0.3 is 14.4 Å². The molecule has 1 aromatic rings. The van der Waals surface area contributed by atoms with Crippen molar-refractivity contribution in [3.63, 3.8) is 0 Å². The smallest absolute Gasteiger partial charge is 0.325 e. The largest absolute Gasteiger partial charge is 0.481 e. The maximum Gasteiger partial charge on any atom is 0.325 e. The van der Waals surface area contributed by atoms with Crippen molar-refractivity contribution >= 4 is 11.9 Å². The van der Waals surface area contributed by atoms with Crippen LogP contribution in [0.4, 0.5) is 0 Å². The number of ether oxygens (including phenoxy) is 2. The van der Waals surface area contributed by atoms with Crippen LogP contribution in [0.5, 0.6) is 5.88 Å². The fourth-order valence-electron chi connectivity index (χ4n) is 1.59. The third kappa shape index (κ3) is 3.46. The minimum absolute atomic E-state index is 0.105. The second kappa shape index (κ2) is 6.21. The molecule has 0 fully saturated rings. The number of aryl methyl sites for hydroxylation is 1. The zero-order valence-corrected chi connectivity index (χ0v) is 11.8. The van der Waals surface area contributed by atoms with Crippen molar-refractivity contribution < 1.29 is 19.1 Å². The summed E-state index contributed by atoms with van der Waals surface area (Å²) in [7, 11) is 4.46. The molecule has 0 saturated carbocycles. The average molecular weight is 269 g/mol. The van der Waals surface area contributed by atoms with Crippen molar-refractivity contribution in [1.29, 1.82) is 0 Å². The molecule has 19 heavy (non-hydrogen) atoms. The molecule has 0 aliphatic carbocycles. The van der Waals surface area contributed by atoms with Gasteiger partial charge in [-0.3, -0.25) is 9.59 Å². The van der Waals surface area contributed by atoms with Crippen LogP contribution >= 0.6 is 0 Å². The van der Waals surface area contributed by atoms with Crippen LogP contribution in [0.25, 0.3) is 0 Å². The zero-order chi connectivity index (χ0) is 14.6. The number of carbonyl (C=O) groups excluding carboxylic acids is 2. The zero-order valence-electron chi connectivity index (χ0n) is 11.8. The summed E-state index contributed by atoms with van der Waals surface area (Å²) in [6.07, 6.45) is 0. The molecule has 1 heterocycles. The minimum Gasteiger partial charge on any atom is -0.481 e. The van der Waals surface area contributed by atoms with Gasteiger partial charge in [0.05, 0.1) is 14.2 Å². The van der Waals surface area contributed by atoms with E-state index in [0.717, 1.165) is 0 Å². The third-order valence-electron chi connectivity index (χ3n) is 2.68. The second-order valence-corrected chi connectivity index (χ2v) is 4.30. The van der Waals surface area contributed by atoms with Gasteiger partial charge >= 0.3 is 5.97 Å². The van der Waals surface area contributed by atoms with Gasteiger partial charge in [-0.2, -0.15) is 5.10 Å². The van der Waals surface area contributed by atoms with Crippen molar-refractivity contribution in [3.05, 3.63) is 11.8 Å². The van der Waals surface area contributed by atoms with Gasteiger partial charge in [0.1, 0.15) is 6.54 Å². The van der Waals surface area contributed by atoms with Gasteiger partial charge in [0.2, 0.25) is 5.88 Å². The Hall–Kier alpha value is -2.05. The van der Waals surface area contributed by atoms with Gasteiger partial charge in [-0.1, -0.05) is 0 Å². The molecule has 0 unspecified atom stereocenters. The molecule has 0 bridgehead atoms. The molecule has 1 rings (SSSR count). The van der Waals surface area contributed by atoms with Crippen molar-refractivity contribution in [2.24, 2.45) is 7.05 Å². The Bertz CT molecular complexity index is 468. The molecule has 0 aliphatic heterocycles. The molecule has 0 N–H and O–H groups in total. The quantitative estimate of drug-likeness (QED) is 0.726. The summed E-state index contributed by atoms with van der Waals surface area (Å²) in [5.74, 6) is -0.325. The summed E-state index contributed by atoms with van der Waals surface area (Å²) >= 11 is 0. The Morgan fingerprint density at radius 2 is 2.05 bits per heavy atom. The standard InChI is InChI=1S/C12H19N3O4/c1-8(2)15(7-11(16)19-5)12(17)9-6-10(18-4)14(3)13-9/h6,8H,7H2,1-5H3. The number of aromatic nitrogens is 2. The Morgan fingerprint density at radius 1 is 1.42 bits per heavy atom. The highest BCUT2D eigenvalue weighted by molar-refractivity contribution is 5.94. The molecule has 1 aromatic heterocycles. The number of carbonyl (C=O) groups is 2. The summed E-state index contributed by atoms with van der Waals surface area (Å²) in [6, 6.07) is 1.40. The molecule has 0 atom stereocenters. The molecule has 7 nitrogen and oxygen atoms in total. The van der Waals surface area contributed by atoms with E-state index in [1.165, 1.54) is 29.9 Å². The SMILES string of the molecule is COC(=O)CN(C(=O)c1cc(OC)n(C)n1)C(C)C. The summed E-state index contributed by atoms with van der Waals surface area (Å²) in [5.41, 5.74) is 0.233. The van der Waals surface area contributed by atoms with Gasteiger partial charge in [0.25, 0.3) is 5.91 Å². The van der Waals surface area contributed by atoms with Crippen molar-refractivity contribution in [1.82, 2.24) is 14.7 Å². The van der Waals surface area contributed by atoms with E-state index in [9.17, 15) is 9.59 Å². The summed E-state index contributed by atoms with van der Waals surface area (Å²) in [6.45, 7) is 3.54. The number of hydrogen-bond acceptors (Lipinski definition) is 5. The van der Waals surface area contributed by atoms with Crippen LogP contribution in [-0.4, -0.2) is 53.4 Å². The minimum atomic E-state index is -0.468. The van der Waals surface area contributed by atoms with Gasteiger partial charge in [-0.15, -0.1) is 0 Å². The van der Waals surface area contributed by atoms with Crippen LogP contribution in [0.3, 0.4) is 0 Å². The average Bonchev–Trinajstić information content (AvgIpc) is 2.75. The van der Waals surface area contributed by atoms with Gasteiger partial charge in [0, 0.05) is 19.2 Å². The van der Waals surface area contributed by atoms with Crippen LogP contribution in [0.2, 0.25) is 0 Å². The molecular weight excluding hydrogens is 250 g/mol. The molecular formula is C12H19N3O4. The number of amides is 1. The first-order valence-electron chi connectivity index (χ1n) is 5.86. The van der Waals surface area contributed by atoms with E-state index in [0.29, 0.717) is 5.88 Å². The van der Waals surface area contributed by atoms with E-state index >= 15 is 0 Å². The molecule has 0 spiro atoms. The predicted molar refractivity (Wildman–Crippen MR) is 67.9 cm³/mol. The first-order valence-corrected chi connectivity index (χ1v) is 5.86. The van der Waals surface area contributed by atoms with Crippen LogP contribution in [0.15, 0.2) is 6.07 Å². The maximum absolute atomic E-state index is 12.3. The summed E-state index contributed by atoms with van der Waals surface area (Å²) in [5, 5.41) is 4.07. The van der Waals surface area contributed by atoms with E-state index in [2.05, 4.69) is 9.84 Å². The highest BCUT2D eigenvalue weighted by Gasteiger charge is 2.24. The van der Waals surface area contributed by atoms with Crippen molar-refractivity contribution in [3.8, 4) is 5.88 Å². The molecule has 0 aromatic carbocycles. The predicted octanol–water partition coefficient (Wildman–Crippen LogP) is 0.452. The number of methoxy groups -OCH3 is 2. The van der Waals surface area contributed by atoms with Crippen LogP contribution in [0.1, 0.15) is 24.3 Å². The Morgan fingerprint density at radius 3 is 2.47 bits per heavy atom. The Kier molecular flexibility index (Phi) is 4.91. The highest BCUT2D eigenvalue weighted by Crippen LogP contribution is 2.14. The molecule has 7 heteroatoms. The van der Waals surface area contributed by atoms with E-state index in [1.807, 2.05) is 13.8 Å². The lowest BCUT2D eigenvalue weighted by molar-refractivity contribution is -0.141. The van der Waals surface area contributed by atoms with E-state index in [4.69, 9.17) is 4.74 Å². The van der Waals surface area contributed by atoms with Crippen molar-refractivity contribution in [2.45, 2.75) is 19.9 Å². The van der Waals surface area contributed by atoms with Gasteiger partial charge in [0.15, 0.2) is 5.69 Å². The number of nitrogens with zero attached hydrogens (tertiary/aromatic N) is 3. The third-order valence-corrected chi connectivity index (χ3v) is 2.68. The summed E-state index contributed by atoms with van der Waals surface area (Å²) < 4.78 is 11.1.